The molecule has 0 bridgehead atoms. The van der Waals surface area contributed by atoms with Crippen molar-refractivity contribution in [2.75, 3.05) is 0 Å². The Kier molecular flexibility index (Phi) is 3.05. The molecule has 0 spiro atoms. The van der Waals surface area contributed by atoms with Gasteiger partial charge in [0.25, 0.3) is 0 Å². The van der Waals surface area contributed by atoms with E-state index in [0.717, 1.165) is 10.4 Å². The van der Waals surface area contributed by atoms with Crippen LogP contribution in [-0.2, 0) is 11.3 Å². The van der Waals surface area contributed by atoms with Crippen LogP contribution in [0, 0.1) is 6.92 Å². The van der Waals surface area contributed by atoms with E-state index in [1.807, 2.05) is 31.2 Å². The summed E-state index contributed by atoms with van der Waals surface area (Å²) in [5, 5.41) is 1.79. The molecule has 0 aliphatic carbocycles. The molecule has 0 N–H and O–H groups in total. The van der Waals surface area contributed by atoms with E-state index in [1.54, 1.807) is 22.3 Å². The van der Waals surface area contributed by atoms with Gasteiger partial charge in [-0.2, -0.15) is 0 Å². The van der Waals surface area contributed by atoms with E-state index in [-0.39, 0.29) is 12.6 Å². The second-order valence-electron chi connectivity index (χ2n) is 4.28. The molecule has 0 radical (unpaired) electrons. The minimum atomic E-state index is -0.329. The predicted molar refractivity (Wildman–Crippen MR) is 73.4 cm³/mol. The fraction of sp³-hybridized carbons (Fsp3) is 0.143. The third-order valence-electron chi connectivity index (χ3n) is 2.86. The lowest BCUT2D eigenvalue weighted by Gasteiger charge is -2.04. The number of benzene rings is 1. The molecule has 0 saturated carbocycles. The highest BCUT2D eigenvalue weighted by Gasteiger charge is 2.13. The van der Waals surface area contributed by atoms with Crippen molar-refractivity contribution in [3.8, 4) is 0 Å². The van der Waals surface area contributed by atoms with Gasteiger partial charge in [0.1, 0.15) is 23.5 Å². The number of rotatable bonds is 3. The molecule has 0 aliphatic rings. The molecule has 0 amide bonds. The zero-order chi connectivity index (χ0) is 13.2. The summed E-state index contributed by atoms with van der Waals surface area (Å²) in [7, 11) is 0. The lowest BCUT2D eigenvalue weighted by atomic mass is 10.2. The lowest BCUT2D eigenvalue weighted by molar-refractivity contribution is 0.0465. The Labute approximate surface area is 114 Å². The maximum atomic E-state index is 12.0. The van der Waals surface area contributed by atoms with E-state index in [9.17, 15) is 4.79 Å². The molecule has 5 heteroatoms. The summed E-state index contributed by atoms with van der Waals surface area (Å²) in [6.07, 6.45) is 3.34. The Morgan fingerprint density at radius 3 is 2.95 bits per heavy atom. The van der Waals surface area contributed by atoms with Gasteiger partial charge in [-0.15, -0.1) is 11.3 Å². The lowest BCUT2D eigenvalue weighted by Crippen LogP contribution is -2.07. The molecule has 0 atom stereocenters. The van der Waals surface area contributed by atoms with Crippen molar-refractivity contribution in [3.63, 3.8) is 0 Å². The SMILES string of the molecule is Cc1ccc(COC(=O)c2csc3cncn23)cc1. The van der Waals surface area contributed by atoms with Crippen LogP contribution in [0.4, 0.5) is 0 Å². The number of esters is 1. The maximum Gasteiger partial charge on any atom is 0.356 e. The summed E-state index contributed by atoms with van der Waals surface area (Å²) in [5.41, 5.74) is 2.69. The molecule has 4 nitrogen and oxygen atoms in total. The van der Waals surface area contributed by atoms with Gasteiger partial charge in [0.05, 0.1) is 6.20 Å². The number of thiazole rings is 1. The molecule has 2 heterocycles. The number of aryl methyl sites for hydroxylation is 1. The van der Waals surface area contributed by atoms with Crippen molar-refractivity contribution in [3.05, 3.63) is 59.0 Å². The first-order valence-electron chi connectivity index (χ1n) is 5.86. The van der Waals surface area contributed by atoms with E-state index >= 15 is 0 Å². The topological polar surface area (TPSA) is 43.6 Å². The Morgan fingerprint density at radius 1 is 1.37 bits per heavy atom. The zero-order valence-electron chi connectivity index (χ0n) is 10.4. The van der Waals surface area contributed by atoms with E-state index < -0.39 is 0 Å². The predicted octanol–water partition coefficient (Wildman–Crippen LogP) is 3.06. The minimum absolute atomic E-state index is 0.283. The highest BCUT2D eigenvalue weighted by Crippen LogP contribution is 2.17. The molecule has 0 saturated heterocycles. The second kappa shape index (κ2) is 4.85. The standard InChI is InChI=1S/C14H12N2O2S/c1-10-2-4-11(5-3-10)7-18-14(17)12-8-19-13-6-15-9-16(12)13/h2-6,8-9H,7H2,1H3. The van der Waals surface area contributed by atoms with Crippen molar-refractivity contribution in [1.29, 1.82) is 0 Å². The number of hydrogen-bond acceptors (Lipinski definition) is 4. The third kappa shape index (κ3) is 2.37. The molecular formula is C14H12N2O2S. The van der Waals surface area contributed by atoms with Gasteiger partial charge in [0.2, 0.25) is 0 Å². The van der Waals surface area contributed by atoms with Crippen LogP contribution >= 0.6 is 11.3 Å². The molecular weight excluding hydrogens is 260 g/mol. The van der Waals surface area contributed by atoms with Gasteiger partial charge in [0, 0.05) is 5.38 Å². The number of nitrogens with zero attached hydrogens (tertiary/aromatic N) is 2. The van der Waals surface area contributed by atoms with E-state index in [1.165, 1.54) is 16.9 Å². The summed E-state index contributed by atoms with van der Waals surface area (Å²) in [4.78, 5) is 16.9. The summed E-state index contributed by atoms with van der Waals surface area (Å²) >= 11 is 1.47. The van der Waals surface area contributed by atoms with Gasteiger partial charge >= 0.3 is 5.97 Å². The number of imidazole rings is 1. The first-order chi connectivity index (χ1) is 9.24. The number of ether oxygens (including phenoxy) is 1. The molecule has 96 valence electrons. The van der Waals surface area contributed by atoms with Crippen LogP contribution in [0.3, 0.4) is 0 Å². The summed E-state index contributed by atoms with van der Waals surface area (Å²) < 4.78 is 7.05. The highest BCUT2D eigenvalue weighted by molar-refractivity contribution is 7.15. The normalized spacial score (nSPS) is 10.8. The van der Waals surface area contributed by atoms with E-state index in [2.05, 4.69) is 4.98 Å². The number of aromatic nitrogens is 2. The van der Waals surface area contributed by atoms with Gasteiger partial charge in [-0.05, 0) is 12.5 Å². The first-order valence-corrected chi connectivity index (χ1v) is 6.74. The van der Waals surface area contributed by atoms with Crippen LogP contribution in [-0.4, -0.2) is 15.4 Å². The average Bonchev–Trinajstić information content (AvgIpc) is 3.00. The molecule has 0 fully saturated rings. The Balaban J connectivity index is 1.72. The minimum Gasteiger partial charge on any atom is -0.456 e. The first kappa shape index (κ1) is 11.9. The van der Waals surface area contributed by atoms with Crippen molar-refractivity contribution in [1.82, 2.24) is 9.38 Å². The number of carbonyl (C=O) groups is 1. The molecule has 0 unspecified atom stereocenters. The van der Waals surface area contributed by atoms with Gasteiger partial charge < -0.3 is 4.74 Å². The number of fused-ring (bicyclic) bond motifs is 1. The average molecular weight is 272 g/mol. The van der Waals surface area contributed by atoms with Gasteiger partial charge in [0.15, 0.2) is 0 Å². The Hall–Kier alpha value is -2.14. The number of carbonyl (C=O) groups excluding carboxylic acids is 1. The van der Waals surface area contributed by atoms with Gasteiger partial charge in [-0.25, -0.2) is 9.78 Å². The smallest absolute Gasteiger partial charge is 0.356 e. The highest BCUT2D eigenvalue weighted by atomic mass is 32.1. The summed E-state index contributed by atoms with van der Waals surface area (Å²) in [6.45, 7) is 2.31. The molecule has 3 aromatic rings. The van der Waals surface area contributed by atoms with Crippen molar-refractivity contribution in [2.45, 2.75) is 13.5 Å². The molecule has 3 rings (SSSR count). The van der Waals surface area contributed by atoms with Crippen LogP contribution in [0.1, 0.15) is 21.6 Å². The monoisotopic (exact) mass is 272 g/mol. The quantitative estimate of drug-likeness (QED) is 0.688. The second-order valence-corrected chi connectivity index (χ2v) is 5.17. The van der Waals surface area contributed by atoms with Crippen LogP contribution < -0.4 is 0 Å². The van der Waals surface area contributed by atoms with Gasteiger partial charge in [-0.3, -0.25) is 4.40 Å². The Bertz CT molecular complexity index is 712. The van der Waals surface area contributed by atoms with Crippen LogP contribution in [0.25, 0.3) is 4.83 Å². The Morgan fingerprint density at radius 2 is 2.16 bits per heavy atom. The summed E-state index contributed by atoms with van der Waals surface area (Å²) in [5.74, 6) is -0.329. The fourth-order valence-corrected chi connectivity index (χ4v) is 2.60. The van der Waals surface area contributed by atoms with Crippen molar-refractivity contribution >= 4 is 22.1 Å². The van der Waals surface area contributed by atoms with Crippen molar-refractivity contribution < 1.29 is 9.53 Å². The van der Waals surface area contributed by atoms with Crippen molar-refractivity contribution in [2.24, 2.45) is 0 Å². The van der Waals surface area contributed by atoms with E-state index in [4.69, 9.17) is 4.74 Å². The molecule has 1 aromatic carbocycles. The molecule has 2 aromatic heterocycles. The number of hydrogen-bond donors (Lipinski definition) is 0. The van der Waals surface area contributed by atoms with Crippen LogP contribution in [0.15, 0.2) is 42.2 Å². The molecule has 0 aliphatic heterocycles. The van der Waals surface area contributed by atoms with Crippen LogP contribution in [0.5, 0.6) is 0 Å². The van der Waals surface area contributed by atoms with Crippen LogP contribution in [0.2, 0.25) is 0 Å². The van der Waals surface area contributed by atoms with E-state index in [0.29, 0.717) is 5.69 Å². The largest absolute Gasteiger partial charge is 0.456 e. The third-order valence-corrected chi connectivity index (χ3v) is 3.74. The zero-order valence-corrected chi connectivity index (χ0v) is 11.2. The molecule has 19 heavy (non-hydrogen) atoms. The van der Waals surface area contributed by atoms with Gasteiger partial charge in [-0.1, -0.05) is 29.8 Å². The maximum absolute atomic E-state index is 12.0. The fourth-order valence-electron chi connectivity index (χ4n) is 1.78. The summed E-state index contributed by atoms with van der Waals surface area (Å²) in [6, 6.07) is 7.93.